The number of ketones is 1. The van der Waals surface area contributed by atoms with Crippen molar-refractivity contribution in [1.82, 2.24) is 4.90 Å². The van der Waals surface area contributed by atoms with E-state index >= 15 is 0 Å². The van der Waals surface area contributed by atoms with Crippen molar-refractivity contribution in [1.29, 1.82) is 0 Å². The topological polar surface area (TPSA) is 20.3 Å². The van der Waals surface area contributed by atoms with Crippen LogP contribution in [-0.2, 0) is 6.54 Å². The molecule has 0 atom stereocenters. The SMILES string of the molecule is Cc1cccc(C(=O)CN(Cc2ccccc2)C(C)C)c1. The van der Waals surface area contributed by atoms with Crippen LogP contribution < -0.4 is 0 Å². The first-order valence-corrected chi connectivity index (χ1v) is 7.44. The molecule has 0 radical (unpaired) electrons. The second-order valence-corrected chi connectivity index (χ2v) is 5.78. The van der Waals surface area contributed by atoms with Gasteiger partial charge in [-0.05, 0) is 32.4 Å². The van der Waals surface area contributed by atoms with Crippen molar-refractivity contribution >= 4 is 5.78 Å². The quantitative estimate of drug-likeness (QED) is 0.743. The second-order valence-electron chi connectivity index (χ2n) is 5.78. The van der Waals surface area contributed by atoms with Crippen LogP contribution in [0, 0.1) is 6.92 Å². The molecule has 0 aromatic heterocycles. The lowest BCUT2D eigenvalue weighted by Gasteiger charge is -2.25. The van der Waals surface area contributed by atoms with Crippen molar-refractivity contribution in [3.05, 3.63) is 71.3 Å². The molecule has 0 fully saturated rings. The summed E-state index contributed by atoms with van der Waals surface area (Å²) >= 11 is 0. The average molecular weight is 281 g/mol. The standard InChI is InChI=1S/C19H23NO/c1-15(2)20(13-17-9-5-4-6-10-17)14-19(21)18-11-7-8-16(3)12-18/h4-12,15H,13-14H2,1-3H3. The fourth-order valence-electron chi connectivity index (χ4n) is 2.33. The van der Waals surface area contributed by atoms with Crippen molar-refractivity contribution in [3.63, 3.8) is 0 Å². The van der Waals surface area contributed by atoms with Gasteiger partial charge in [0.15, 0.2) is 5.78 Å². The second kappa shape index (κ2) is 7.19. The summed E-state index contributed by atoms with van der Waals surface area (Å²) in [6.45, 7) is 7.53. The first-order valence-electron chi connectivity index (χ1n) is 7.44. The third-order valence-electron chi connectivity index (χ3n) is 3.65. The number of carbonyl (C=O) groups is 1. The number of aryl methyl sites for hydroxylation is 1. The van der Waals surface area contributed by atoms with Crippen molar-refractivity contribution < 1.29 is 4.79 Å². The molecule has 0 saturated carbocycles. The summed E-state index contributed by atoms with van der Waals surface area (Å²) in [5.41, 5.74) is 3.16. The van der Waals surface area contributed by atoms with E-state index in [9.17, 15) is 4.79 Å². The van der Waals surface area contributed by atoms with Crippen LogP contribution in [-0.4, -0.2) is 23.3 Å². The van der Waals surface area contributed by atoms with E-state index in [1.54, 1.807) is 0 Å². The summed E-state index contributed by atoms with van der Waals surface area (Å²) in [4.78, 5) is 14.7. The molecule has 2 heteroatoms. The van der Waals surface area contributed by atoms with Gasteiger partial charge in [-0.1, -0.05) is 54.1 Å². The van der Waals surface area contributed by atoms with E-state index in [0.29, 0.717) is 12.6 Å². The van der Waals surface area contributed by atoms with Crippen LogP contribution in [0.2, 0.25) is 0 Å². The van der Waals surface area contributed by atoms with E-state index < -0.39 is 0 Å². The van der Waals surface area contributed by atoms with Crippen LogP contribution in [0.1, 0.15) is 35.3 Å². The van der Waals surface area contributed by atoms with E-state index in [2.05, 4.69) is 30.9 Å². The highest BCUT2D eigenvalue weighted by molar-refractivity contribution is 5.97. The number of nitrogens with zero attached hydrogens (tertiary/aromatic N) is 1. The molecule has 2 aromatic rings. The normalized spacial score (nSPS) is 11.1. The molecule has 0 aliphatic heterocycles. The first-order chi connectivity index (χ1) is 10.1. The van der Waals surface area contributed by atoms with Gasteiger partial charge < -0.3 is 0 Å². The zero-order valence-corrected chi connectivity index (χ0v) is 13.0. The summed E-state index contributed by atoms with van der Waals surface area (Å²) in [6.07, 6.45) is 0. The lowest BCUT2D eigenvalue weighted by Crippen LogP contribution is -2.35. The highest BCUT2D eigenvalue weighted by Gasteiger charge is 2.15. The Hall–Kier alpha value is -1.93. The number of Topliss-reactive ketones (excluding diaryl/α,β-unsaturated/α-hetero) is 1. The molecule has 0 N–H and O–H groups in total. The summed E-state index contributed by atoms with van der Waals surface area (Å²) in [5.74, 6) is 0.184. The summed E-state index contributed by atoms with van der Waals surface area (Å²) in [7, 11) is 0. The smallest absolute Gasteiger partial charge is 0.176 e. The van der Waals surface area contributed by atoms with Gasteiger partial charge in [0, 0.05) is 18.2 Å². The molecule has 0 spiro atoms. The largest absolute Gasteiger partial charge is 0.293 e. The Bertz CT molecular complexity index is 590. The highest BCUT2D eigenvalue weighted by atomic mass is 16.1. The van der Waals surface area contributed by atoms with Crippen molar-refractivity contribution in [2.45, 2.75) is 33.4 Å². The Morgan fingerprint density at radius 3 is 2.38 bits per heavy atom. The summed E-state index contributed by atoms with van der Waals surface area (Å²) in [6, 6.07) is 18.5. The molecule has 0 heterocycles. The van der Waals surface area contributed by atoms with Gasteiger partial charge in [-0.15, -0.1) is 0 Å². The van der Waals surface area contributed by atoms with Crippen LogP contribution in [0.15, 0.2) is 54.6 Å². The Kier molecular flexibility index (Phi) is 5.29. The molecule has 0 bridgehead atoms. The molecule has 110 valence electrons. The Balaban J connectivity index is 2.08. The predicted octanol–water partition coefficient (Wildman–Crippen LogP) is 4.09. The van der Waals surface area contributed by atoms with Gasteiger partial charge in [0.1, 0.15) is 0 Å². The molecular weight excluding hydrogens is 258 g/mol. The van der Waals surface area contributed by atoms with E-state index in [4.69, 9.17) is 0 Å². The summed E-state index contributed by atoms with van der Waals surface area (Å²) < 4.78 is 0. The zero-order chi connectivity index (χ0) is 15.2. The Morgan fingerprint density at radius 1 is 1.05 bits per heavy atom. The fraction of sp³-hybridized carbons (Fsp3) is 0.316. The third-order valence-corrected chi connectivity index (χ3v) is 3.65. The minimum Gasteiger partial charge on any atom is -0.293 e. The minimum atomic E-state index is 0.184. The lowest BCUT2D eigenvalue weighted by atomic mass is 10.1. The number of hydrogen-bond donors (Lipinski definition) is 0. The molecular formula is C19H23NO. The van der Waals surface area contributed by atoms with Crippen molar-refractivity contribution in [2.75, 3.05) is 6.54 Å². The van der Waals surface area contributed by atoms with Gasteiger partial charge in [0.25, 0.3) is 0 Å². The molecule has 0 amide bonds. The molecule has 2 rings (SSSR count). The van der Waals surface area contributed by atoms with Gasteiger partial charge >= 0.3 is 0 Å². The van der Waals surface area contributed by atoms with E-state index in [-0.39, 0.29) is 5.78 Å². The molecule has 2 nitrogen and oxygen atoms in total. The van der Waals surface area contributed by atoms with Crippen LogP contribution in [0.4, 0.5) is 0 Å². The fourth-order valence-corrected chi connectivity index (χ4v) is 2.33. The number of benzene rings is 2. The average Bonchev–Trinajstić information content (AvgIpc) is 2.47. The first kappa shape index (κ1) is 15.5. The van der Waals surface area contributed by atoms with Crippen molar-refractivity contribution in [3.8, 4) is 0 Å². The molecule has 2 aromatic carbocycles. The van der Waals surface area contributed by atoms with Crippen LogP contribution in [0.3, 0.4) is 0 Å². The van der Waals surface area contributed by atoms with Crippen LogP contribution in [0.25, 0.3) is 0 Å². The molecule has 21 heavy (non-hydrogen) atoms. The maximum Gasteiger partial charge on any atom is 0.176 e. The van der Waals surface area contributed by atoms with Gasteiger partial charge in [-0.25, -0.2) is 0 Å². The zero-order valence-electron chi connectivity index (χ0n) is 13.0. The molecule has 0 aliphatic carbocycles. The maximum absolute atomic E-state index is 12.5. The molecule has 0 unspecified atom stereocenters. The Morgan fingerprint density at radius 2 is 1.76 bits per heavy atom. The van der Waals surface area contributed by atoms with Gasteiger partial charge in [-0.2, -0.15) is 0 Å². The monoisotopic (exact) mass is 281 g/mol. The van der Waals surface area contributed by atoms with E-state index in [0.717, 1.165) is 17.7 Å². The van der Waals surface area contributed by atoms with E-state index in [1.165, 1.54) is 5.56 Å². The van der Waals surface area contributed by atoms with Gasteiger partial charge in [-0.3, -0.25) is 9.69 Å². The maximum atomic E-state index is 12.5. The van der Waals surface area contributed by atoms with E-state index in [1.807, 2.05) is 49.4 Å². The number of rotatable bonds is 6. The lowest BCUT2D eigenvalue weighted by molar-refractivity contribution is 0.0898. The van der Waals surface area contributed by atoms with Crippen LogP contribution in [0.5, 0.6) is 0 Å². The number of carbonyl (C=O) groups excluding carboxylic acids is 1. The van der Waals surface area contributed by atoms with Crippen LogP contribution >= 0.6 is 0 Å². The summed E-state index contributed by atoms with van der Waals surface area (Å²) in [5, 5.41) is 0. The van der Waals surface area contributed by atoms with Gasteiger partial charge in [0.05, 0.1) is 6.54 Å². The predicted molar refractivity (Wildman–Crippen MR) is 87.5 cm³/mol. The minimum absolute atomic E-state index is 0.184. The molecule has 0 saturated heterocycles. The van der Waals surface area contributed by atoms with Gasteiger partial charge in [0.2, 0.25) is 0 Å². The number of hydrogen-bond acceptors (Lipinski definition) is 2. The highest BCUT2D eigenvalue weighted by Crippen LogP contribution is 2.11. The third kappa shape index (κ3) is 4.54. The Labute approximate surface area is 127 Å². The van der Waals surface area contributed by atoms with Crippen molar-refractivity contribution in [2.24, 2.45) is 0 Å². The molecule has 0 aliphatic rings.